The van der Waals surface area contributed by atoms with E-state index in [-0.39, 0.29) is 17.5 Å². The van der Waals surface area contributed by atoms with Crippen molar-refractivity contribution in [3.8, 4) is 5.69 Å². The van der Waals surface area contributed by atoms with Crippen LogP contribution >= 0.6 is 11.8 Å². The van der Waals surface area contributed by atoms with Crippen LogP contribution in [0.25, 0.3) is 5.69 Å². The van der Waals surface area contributed by atoms with E-state index in [1.165, 1.54) is 29.5 Å². The minimum atomic E-state index is -0.321. The van der Waals surface area contributed by atoms with Crippen LogP contribution in [-0.4, -0.2) is 33.0 Å². The Hall–Kier alpha value is -2.67. The molecule has 3 aromatic rings. The molecule has 1 amide bonds. The normalized spacial score (nSPS) is 11.0. The summed E-state index contributed by atoms with van der Waals surface area (Å²) in [5.74, 6) is 0.295. The Morgan fingerprint density at radius 1 is 1.14 bits per heavy atom. The van der Waals surface area contributed by atoms with Gasteiger partial charge in [-0.3, -0.25) is 9.36 Å². The lowest BCUT2D eigenvalue weighted by atomic mass is 10.0. The van der Waals surface area contributed by atoms with Gasteiger partial charge in [-0.05, 0) is 54.8 Å². The molecule has 1 aromatic heterocycles. The Bertz CT molecular complexity index is 922. The molecule has 0 spiro atoms. The molecular formula is C21H23FN4OS. The van der Waals surface area contributed by atoms with Crippen LogP contribution in [0.15, 0.2) is 60.0 Å². The Morgan fingerprint density at radius 2 is 1.82 bits per heavy atom. The standard InChI is InChI=1S/C21H23FN4OS/c1-4-25(18-11-7-17(22)8-12-18)20(27)13-28-21-24-23-14-26(21)19-9-5-16(6-10-19)15(2)3/h5-12,14-15H,4,13H2,1-3H3. The van der Waals surface area contributed by atoms with Crippen LogP contribution < -0.4 is 4.90 Å². The fourth-order valence-corrected chi connectivity index (χ4v) is 3.65. The topological polar surface area (TPSA) is 51.0 Å². The molecule has 7 heteroatoms. The second-order valence-corrected chi connectivity index (χ2v) is 7.58. The third kappa shape index (κ3) is 4.59. The maximum absolute atomic E-state index is 13.1. The number of benzene rings is 2. The first-order valence-electron chi connectivity index (χ1n) is 9.18. The first-order chi connectivity index (χ1) is 13.5. The van der Waals surface area contributed by atoms with Crippen LogP contribution in [0.1, 0.15) is 32.3 Å². The number of hydrogen-bond donors (Lipinski definition) is 0. The Morgan fingerprint density at radius 3 is 2.43 bits per heavy atom. The van der Waals surface area contributed by atoms with Gasteiger partial charge in [-0.15, -0.1) is 10.2 Å². The highest BCUT2D eigenvalue weighted by atomic mass is 32.2. The summed E-state index contributed by atoms with van der Waals surface area (Å²) >= 11 is 1.33. The number of hydrogen-bond acceptors (Lipinski definition) is 4. The third-order valence-electron chi connectivity index (χ3n) is 4.43. The maximum Gasteiger partial charge on any atom is 0.237 e. The Balaban J connectivity index is 1.70. The highest BCUT2D eigenvalue weighted by molar-refractivity contribution is 7.99. The summed E-state index contributed by atoms with van der Waals surface area (Å²) < 4.78 is 15.0. The zero-order valence-electron chi connectivity index (χ0n) is 16.2. The molecule has 1 heterocycles. The number of nitrogens with zero attached hydrogens (tertiary/aromatic N) is 4. The smallest absolute Gasteiger partial charge is 0.237 e. The number of aromatic nitrogens is 3. The molecule has 5 nitrogen and oxygen atoms in total. The van der Waals surface area contributed by atoms with Crippen molar-refractivity contribution in [2.24, 2.45) is 0 Å². The molecule has 0 aliphatic carbocycles. The van der Waals surface area contributed by atoms with Crippen molar-refractivity contribution in [1.29, 1.82) is 0 Å². The molecule has 0 saturated heterocycles. The molecule has 3 rings (SSSR count). The molecule has 0 aliphatic heterocycles. The molecule has 0 unspecified atom stereocenters. The van der Waals surface area contributed by atoms with E-state index in [0.717, 1.165) is 5.69 Å². The summed E-state index contributed by atoms with van der Waals surface area (Å²) in [5, 5.41) is 8.79. The van der Waals surface area contributed by atoms with Gasteiger partial charge < -0.3 is 4.90 Å². The second kappa shape index (κ2) is 9.01. The predicted octanol–water partition coefficient (Wildman–Crippen LogP) is 4.68. The van der Waals surface area contributed by atoms with Crippen molar-refractivity contribution in [3.05, 3.63) is 66.2 Å². The van der Waals surface area contributed by atoms with E-state index in [0.29, 0.717) is 23.3 Å². The van der Waals surface area contributed by atoms with Gasteiger partial charge in [0.15, 0.2) is 5.16 Å². The van der Waals surface area contributed by atoms with Crippen molar-refractivity contribution in [2.45, 2.75) is 31.8 Å². The zero-order valence-corrected chi connectivity index (χ0v) is 17.0. The third-order valence-corrected chi connectivity index (χ3v) is 5.36. The number of halogens is 1. The highest BCUT2D eigenvalue weighted by Gasteiger charge is 2.16. The minimum Gasteiger partial charge on any atom is -0.312 e. The number of carbonyl (C=O) groups excluding carboxylic acids is 1. The van der Waals surface area contributed by atoms with Crippen LogP contribution in [0, 0.1) is 5.82 Å². The molecule has 0 radical (unpaired) electrons. The summed E-state index contributed by atoms with van der Waals surface area (Å²) in [6.07, 6.45) is 1.65. The van der Waals surface area contributed by atoms with E-state index < -0.39 is 0 Å². The van der Waals surface area contributed by atoms with Crippen LogP contribution in [0.5, 0.6) is 0 Å². The number of thioether (sulfide) groups is 1. The lowest BCUT2D eigenvalue weighted by Gasteiger charge is -2.20. The van der Waals surface area contributed by atoms with Crippen molar-refractivity contribution in [3.63, 3.8) is 0 Å². The van der Waals surface area contributed by atoms with Gasteiger partial charge in [0.1, 0.15) is 12.1 Å². The summed E-state index contributed by atoms with van der Waals surface area (Å²) in [5.41, 5.74) is 2.90. The molecule has 28 heavy (non-hydrogen) atoms. The van der Waals surface area contributed by atoms with Gasteiger partial charge in [0.2, 0.25) is 5.91 Å². The lowest BCUT2D eigenvalue weighted by molar-refractivity contribution is -0.116. The Kier molecular flexibility index (Phi) is 6.46. The summed E-state index contributed by atoms with van der Waals surface area (Å²) in [6.45, 7) is 6.71. The Labute approximate surface area is 168 Å². The van der Waals surface area contributed by atoms with E-state index in [1.54, 1.807) is 23.4 Å². The fourth-order valence-electron chi connectivity index (χ4n) is 2.85. The lowest BCUT2D eigenvalue weighted by Crippen LogP contribution is -2.32. The van der Waals surface area contributed by atoms with Gasteiger partial charge in [-0.2, -0.15) is 0 Å². The fraction of sp³-hybridized carbons (Fsp3) is 0.286. The van der Waals surface area contributed by atoms with E-state index in [4.69, 9.17) is 0 Å². The van der Waals surface area contributed by atoms with Crippen molar-refractivity contribution in [2.75, 3.05) is 17.2 Å². The van der Waals surface area contributed by atoms with Gasteiger partial charge in [0.05, 0.1) is 5.75 Å². The summed E-state index contributed by atoms with van der Waals surface area (Å²) in [6, 6.07) is 14.2. The molecule has 0 fully saturated rings. The average Bonchev–Trinajstić information content (AvgIpc) is 3.17. The van der Waals surface area contributed by atoms with Crippen LogP contribution in [0.3, 0.4) is 0 Å². The second-order valence-electron chi connectivity index (χ2n) is 6.63. The quantitative estimate of drug-likeness (QED) is 0.543. The summed E-state index contributed by atoms with van der Waals surface area (Å²) in [7, 11) is 0. The molecule has 0 saturated carbocycles. The molecule has 0 atom stereocenters. The first-order valence-corrected chi connectivity index (χ1v) is 10.2. The molecule has 0 bridgehead atoms. The minimum absolute atomic E-state index is 0.0659. The van der Waals surface area contributed by atoms with Gasteiger partial charge in [-0.1, -0.05) is 37.7 Å². The van der Waals surface area contributed by atoms with E-state index in [1.807, 2.05) is 23.6 Å². The number of anilines is 1. The largest absolute Gasteiger partial charge is 0.312 e. The SMILES string of the molecule is CCN(C(=O)CSc1nncn1-c1ccc(C(C)C)cc1)c1ccc(F)cc1. The van der Waals surface area contributed by atoms with E-state index in [9.17, 15) is 9.18 Å². The van der Waals surface area contributed by atoms with Gasteiger partial charge in [0, 0.05) is 17.9 Å². The highest BCUT2D eigenvalue weighted by Crippen LogP contribution is 2.23. The molecule has 0 aliphatic rings. The van der Waals surface area contributed by atoms with Gasteiger partial charge in [0.25, 0.3) is 0 Å². The maximum atomic E-state index is 13.1. The predicted molar refractivity (Wildman–Crippen MR) is 111 cm³/mol. The van der Waals surface area contributed by atoms with Crippen molar-refractivity contribution < 1.29 is 9.18 Å². The van der Waals surface area contributed by atoms with Crippen LogP contribution in [0.4, 0.5) is 10.1 Å². The van der Waals surface area contributed by atoms with Gasteiger partial charge >= 0.3 is 0 Å². The molecule has 146 valence electrons. The van der Waals surface area contributed by atoms with Crippen LogP contribution in [-0.2, 0) is 4.79 Å². The van der Waals surface area contributed by atoms with Crippen molar-refractivity contribution >= 4 is 23.4 Å². The van der Waals surface area contributed by atoms with E-state index >= 15 is 0 Å². The number of carbonyl (C=O) groups is 1. The van der Waals surface area contributed by atoms with Crippen molar-refractivity contribution in [1.82, 2.24) is 14.8 Å². The molecule has 2 aromatic carbocycles. The first kappa shape index (κ1) is 20.1. The van der Waals surface area contributed by atoms with Crippen LogP contribution in [0.2, 0.25) is 0 Å². The van der Waals surface area contributed by atoms with Gasteiger partial charge in [-0.25, -0.2) is 4.39 Å². The monoisotopic (exact) mass is 398 g/mol. The molecule has 0 N–H and O–H groups in total. The molecular weight excluding hydrogens is 375 g/mol. The van der Waals surface area contributed by atoms with E-state index in [2.05, 4.69) is 36.2 Å². The summed E-state index contributed by atoms with van der Waals surface area (Å²) in [4.78, 5) is 14.3. The number of rotatable bonds is 7. The average molecular weight is 399 g/mol. The number of amides is 1. The zero-order chi connectivity index (χ0) is 20.1.